The Kier molecular flexibility index (Phi) is 7.39. The third-order valence-electron chi connectivity index (χ3n) is 10.9. The summed E-state index contributed by atoms with van der Waals surface area (Å²) in [6.07, 6.45) is 0. The maximum atomic E-state index is 6.68. The molecule has 0 atom stereocenters. The second kappa shape index (κ2) is 12.9. The minimum absolute atomic E-state index is 0.875. The van der Waals surface area contributed by atoms with Crippen LogP contribution in [0.5, 0.6) is 0 Å². The highest BCUT2D eigenvalue weighted by atomic mass is 32.1. The molecule has 0 saturated carbocycles. The molecule has 2 heterocycles. The van der Waals surface area contributed by atoms with E-state index in [-0.39, 0.29) is 0 Å². The summed E-state index contributed by atoms with van der Waals surface area (Å²) in [6, 6.07) is 72.1. The van der Waals surface area contributed by atoms with Gasteiger partial charge in [-0.2, -0.15) is 0 Å². The topological polar surface area (TPSA) is 16.4 Å². The van der Waals surface area contributed by atoms with Gasteiger partial charge in [0.05, 0.1) is 11.1 Å². The molecule has 0 bridgehead atoms. The van der Waals surface area contributed by atoms with Gasteiger partial charge in [-0.05, 0) is 93.4 Å². The van der Waals surface area contributed by atoms with Crippen molar-refractivity contribution in [2.45, 2.75) is 0 Å². The lowest BCUT2D eigenvalue weighted by Gasteiger charge is -2.26. The van der Waals surface area contributed by atoms with Crippen LogP contribution in [0.2, 0.25) is 0 Å². The van der Waals surface area contributed by atoms with E-state index in [4.69, 9.17) is 4.42 Å². The summed E-state index contributed by atoms with van der Waals surface area (Å²) in [5.41, 5.74) is 12.3. The predicted octanol–water partition coefficient (Wildman–Crippen LogP) is 15.6. The van der Waals surface area contributed by atoms with Crippen LogP contribution in [0.15, 0.2) is 205 Å². The van der Waals surface area contributed by atoms with Crippen molar-refractivity contribution < 1.29 is 4.42 Å². The Balaban J connectivity index is 1.08. The van der Waals surface area contributed by atoms with E-state index in [9.17, 15) is 0 Å². The number of furan rings is 1. The molecule has 11 rings (SSSR count). The van der Waals surface area contributed by atoms with Gasteiger partial charge in [0.2, 0.25) is 0 Å². The van der Waals surface area contributed by atoms with Gasteiger partial charge in [0.1, 0.15) is 11.2 Å². The van der Waals surface area contributed by atoms with Crippen molar-refractivity contribution in [2.24, 2.45) is 0 Å². The maximum absolute atomic E-state index is 6.68. The van der Waals surface area contributed by atoms with E-state index in [0.29, 0.717) is 0 Å². The standard InChI is InChI=1S/C52H33NOS/c1-3-12-35(13-4-1)41-29-25-38(32-46(41)36-14-5-2-6-15-36)34-22-26-39(27-23-34)53(40-28-31-44-43-18-9-10-21-49(43)55-50(44)33-40)47-19-11-20-48-51(47)45-30-24-37-16-7-8-17-42(37)52(45)54-48/h1-33H. The highest BCUT2D eigenvalue weighted by molar-refractivity contribution is 7.25. The van der Waals surface area contributed by atoms with Gasteiger partial charge in [-0.25, -0.2) is 0 Å². The van der Waals surface area contributed by atoms with Crippen LogP contribution < -0.4 is 4.90 Å². The Morgan fingerprint density at radius 1 is 0.382 bits per heavy atom. The van der Waals surface area contributed by atoms with Gasteiger partial charge in [0.15, 0.2) is 0 Å². The second-order valence-corrected chi connectivity index (χ2v) is 15.2. The number of hydrogen-bond donors (Lipinski definition) is 0. The molecular weight excluding hydrogens is 687 g/mol. The van der Waals surface area contributed by atoms with Gasteiger partial charge in [-0.3, -0.25) is 0 Å². The van der Waals surface area contributed by atoms with Crippen molar-refractivity contribution in [3.05, 3.63) is 200 Å². The number of nitrogens with zero attached hydrogens (tertiary/aromatic N) is 1. The van der Waals surface area contributed by atoms with E-state index in [1.54, 1.807) is 0 Å². The average Bonchev–Trinajstić information content (AvgIpc) is 3.83. The molecule has 0 saturated heterocycles. The molecule has 3 heteroatoms. The highest BCUT2D eigenvalue weighted by Gasteiger charge is 2.21. The number of benzene rings is 9. The summed E-state index contributed by atoms with van der Waals surface area (Å²) in [5.74, 6) is 0. The molecule has 0 spiro atoms. The molecule has 2 nitrogen and oxygen atoms in total. The van der Waals surface area contributed by atoms with Gasteiger partial charge in [-0.15, -0.1) is 11.3 Å². The van der Waals surface area contributed by atoms with Crippen LogP contribution in [-0.4, -0.2) is 0 Å². The quantitative estimate of drug-likeness (QED) is 0.170. The molecule has 2 aromatic heterocycles. The largest absolute Gasteiger partial charge is 0.455 e. The van der Waals surface area contributed by atoms with E-state index in [1.807, 2.05) is 11.3 Å². The normalized spacial score (nSPS) is 11.6. The fourth-order valence-electron chi connectivity index (χ4n) is 8.26. The number of rotatable bonds is 6. The molecule has 0 aliphatic rings. The van der Waals surface area contributed by atoms with E-state index in [1.165, 1.54) is 58.9 Å². The summed E-state index contributed by atoms with van der Waals surface area (Å²) in [5, 5.41) is 7.09. The van der Waals surface area contributed by atoms with Gasteiger partial charge in [0, 0.05) is 42.3 Å². The number of fused-ring (bicyclic) bond motifs is 8. The van der Waals surface area contributed by atoms with Crippen LogP contribution in [0.25, 0.3) is 86.3 Å². The van der Waals surface area contributed by atoms with Crippen molar-refractivity contribution in [3.8, 4) is 33.4 Å². The fourth-order valence-corrected chi connectivity index (χ4v) is 9.39. The first-order valence-electron chi connectivity index (χ1n) is 18.7. The van der Waals surface area contributed by atoms with Crippen molar-refractivity contribution in [1.82, 2.24) is 0 Å². The van der Waals surface area contributed by atoms with Crippen LogP contribution >= 0.6 is 11.3 Å². The third-order valence-corrected chi connectivity index (χ3v) is 12.0. The summed E-state index contributed by atoms with van der Waals surface area (Å²) in [6.45, 7) is 0. The van der Waals surface area contributed by atoms with Crippen molar-refractivity contribution in [3.63, 3.8) is 0 Å². The lowest BCUT2D eigenvalue weighted by Crippen LogP contribution is -2.10. The smallest absolute Gasteiger partial charge is 0.143 e. The zero-order valence-electron chi connectivity index (χ0n) is 29.8. The van der Waals surface area contributed by atoms with Crippen LogP contribution in [0, 0.1) is 0 Å². The molecule has 0 fully saturated rings. The van der Waals surface area contributed by atoms with E-state index < -0.39 is 0 Å². The van der Waals surface area contributed by atoms with Gasteiger partial charge in [0.25, 0.3) is 0 Å². The maximum Gasteiger partial charge on any atom is 0.143 e. The molecule has 11 aromatic rings. The SMILES string of the molecule is c1ccc(-c2ccc(-c3ccc(N(c4ccc5c(c4)sc4ccccc45)c4cccc5oc6c7ccccc7ccc6c45)cc3)cc2-c2ccccc2)cc1. The van der Waals surface area contributed by atoms with Gasteiger partial charge in [-0.1, -0.05) is 146 Å². The highest BCUT2D eigenvalue weighted by Crippen LogP contribution is 2.46. The Labute approximate surface area is 322 Å². The molecule has 0 aliphatic heterocycles. The first kappa shape index (κ1) is 31.6. The number of hydrogen-bond acceptors (Lipinski definition) is 3. The Hall–Kier alpha value is -6.94. The molecule has 0 N–H and O–H groups in total. The van der Waals surface area contributed by atoms with Crippen LogP contribution in [-0.2, 0) is 0 Å². The van der Waals surface area contributed by atoms with Gasteiger partial charge >= 0.3 is 0 Å². The molecule has 55 heavy (non-hydrogen) atoms. The van der Waals surface area contributed by atoms with Crippen molar-refractivity contribution in [1.29, 1.82) is 0 Å². The molecular formula is C52H33NOS. The zero-order chi connectivity index (χ0) is 36.3. The monoisotopic (exact) mass is 719 g/mol. The number of anilines is 3. The Morgan fingerprint density at radius 3 is 1.85 bits per heavy atom. The van der Waals surface area contributed by atoms with Gasteiger partial charge < -0.3 is 9.32 Å². The summed E-state index contributed by atoms with van der Waals surface area (Å²) in [4.78, 5) is 2.40. The average molecular weight is 720 g/mol. The Bertz CT molecular complexity index is 3190. The Morgan fingerprint density at radius 2 is 1.04 bits per heavy atom. The lowest BCUT2D eigenvalue weighted by molar-refractivity contribution is 0.672. The fraction of sp³-hybridized carbons (Fsp3) is 0. The van der Waals surface area contributed by atoms with Crippen molar-refractivity contribution >= 4 is 81.3 Å². The van der Waals surface area contributed by atoms with Crippen LogP contribution in [0.3, 0.4) is 0 Å². The zero-order valence-corrected chi connectivity index (χ0v) is 30.6. The van der Waals surface area contributed by atoms with E-state index >= 15 is 0 Å². The second-order valence-electron chi connectivity index (χ2n) is 14.1. The molecule has 9 aromatic carbocycles. The van der Waals surface area contributed by atoms with E-state index in [0.717, 1.165) is 44.4 Å². The number of thiophene rings is 1. The molecule has 0 radical (unpaired) electrons. The molecule has 258 valence electrons. The van der Waals surface area contributed by atoms with E-state index in [2.05, 4.69) is 205 Å². The first-order valence-corrected chi connectivity index (χ1v) is 19.5. The minimum atomic E-state index is 0.875. The minimum Gasteiger partial charge on any atom is -0.455 e. The summed E-state index contributed by atoms with van der Waals surface area (Å²) in [7, 11) is 0. The van der Waals surface area contributed by atoms with Crippen LogP contribution in [0.4, 0.5) is 17.1 Å². The van der Waals surface area contributed by atoms with Crippen LogP contribution in [0.1, 0.15) is 0 Å². The molecule has 0 unspecified atom stereocenters. The molecule has 0 aliphatic carbocycles. The van der Waals surface area contributed by atoms with Crippen molar-refractivity contribution in [2.75, 3.05) is 4.90 Å². The summed E-state index contributed by atoms with van der Waals surface area (Å²) >= 11 is 1.85. The third kappa shape index (κ3) is 5.32. The summed E-state index contributed by atoms with van der Waals surface area (Å²) < 4.78 is 9.25. The predicted molar refractivity (Wildman–Crippen MR) is 235 cm³/mol. The first-order chi connectivity index (χ1) is 27.3. The lowest BCUT2D eigenvalue weighted by atomic mass is 9.91. The molecule has 0 amide bonds.